The Morgan fingerprint density at radius 1 is 1.30 bits per heavy atom. The van der Waals surface area contributed by atoms with E-state index in [2.05, 4.69) is 27.1 Å². The van der Waals surface area contributed by atoms with Crippen molar-refractivity contribution in [2.75, 3.05) is 13.7 Å². The molecule has 0 radical (unpaired) electrons. The van der Waals surface area contributed by atoms with E-state index >= 15 is 0 Å². The summed E-state index contributed by atoms with van der Waals surface area (Å²) in [5.74, 6) is 1.49. The van der Waals surface area contributed by atoms with Crippen molar-refractivity contribution in [3.8, 4) is 17.1 Å². The zero-order valence-electron chi connectivity index (χ0n) is 17.1. The molecule has 30 heavy (non-hydrogen) atoms. The standard InChI is InChI=1S/C22H25N5O2S/c1-4-14-27-20(18-6-5-12-23-15-18)25-26-22(27)30-16(2)21(28)24-13-11-17-7-9-19(29-3)10-8-17/h4-10,12,15-16H,1,11,13-14H2,2-3H3,(H,24,28)/t16-/m0/s1. The third-order valence-electron chi connectivity index (χ3n) is 4.47. The summed E-state index contributed by atoms with van der Waals surface area (Å²) in [6.45, 7) is 6.80. The lowest BCUT2D eigenvalue weighted by atomic mass is 10.1. The van der Waals surface area contributed by atoms with E-state index in [1.54, 1.807) is 25.6 Å². The van der Waals surface area contributed by atoms with Gasteiger partial charge in [-0.3, -0.25) is 14.3 Å². The van der Waals surface area contributed by atoms with Gasteiger partial charge in [-0.2, -0.15) is 0 Å². The summed E-state index contributed by atoms with van der Waals surface area (Å²) >= 11 is 1.38. The average molecular weight is 424 g/mol. The van der Waals surface area contributed by atoms with E-state index < -0.39 is 0 Å². The van der Waals surface area contributed by atoms with Crippen LogP contribution in [-0.2, 0) is 17.8 Å². The highest BCUT2D eigenvalue weighted by Crippen LogP contribution is 2.26. The summed E-state index contributed by atoms with van der Waals surface area (Å²) in [7, 11) is 1.64. The summed E-state index contributed by atoms with van der Waals surface area (Å²) in [5.41, 5.74) is 2.01. The Labute approximate surface area is 180 Å². The van der Waals surface area contributed by atoms with E-state index in [0.717, 1.165) is 23.3 Å². The second-order valence-electron chi connectivity index (χ2n) is 6.60. The van der Waals surface area contributed by atoms with Crippen molar-refractivity contribution in [2.45, 2.75) is 30.3 Å². The van der Waals surface area contributed by atoms with Crippen molar-refractivity contribution < 1.29 is 9.53 Å². The van der Waals surface area contributed by atoms with Gasteiger partial charge in [-0.25, -0.2) is 0 Å². The predicted octanol–water partition coefficient (Wildman–Crippen LogP) is 3.37. The molecule has 3 rings (SSSR count). The number of amides is 1. The Hall–Kier alpha value is -3.13. The van der Waals surface area contributed by atoms with E-state index in [1.165, 1.54) is 11.8 Å². The molecule has 1 aromatic carbocycles. The van der Waals surface area contributed by atoms with E-state index in [9.17, 15) is 4.79 Å². The zero-order chi connectivity index (χ0) is 21.3. The Balaban J connectivity index is 1.59. The largest absolute Gasteiger partial charge is 0.497 e. The van der Waals surface area contributed by atoms with Gasteiger partial charge in [-0.05, 0) is 43.2 Å². The molecule has 0 aliphatic heterocycles. The van der Waals surface area contributed by atoms with Gasteiger partial charge in [-0.1, -0.05) is 30.0 Å². The fraction of sp³-hybridized carbons (Fsp3) is 0.273. The van der Waals surface area contributed by atoms with Crippen LogP contribution >= 0.6 is 11.8 Å². The first-order valence-corrected chi connectivity index (χ1v) is 10.5. The minimum Gasteiger partial charge on any atom is -0.497 e. The van der Waals surface area contributed by atoms with E-state index in [4.69, 9.17) is 4.74 Å². The summed E-state index contributed by atoms with van der Waals surface area (Å²) in [4.78, 5) is 16.7. The van der Waals surface area contributed by atoms with Gasteiger partial charge in [0.2, 0.25) is 5.91 Å². The van der Waals surface area contributed by atoms with Gasteiger partial charge in [0.05, 0.1) is 12.4 Å². The summed E-state index contributed by atoms with van der Waals surface area (Å²) in [6.07, 6.45) is 6.00. The van der Waals surface area contributed by atoms with E-state index in [0.29, 0.717) is 24.1 Å². The van der Waals surface area contributed by atoms with Crippen LogP contribution in [-0.4, -0.2) is 44.6 Å². The van der Waals surface area contributed by atoms with Gasteiger partial charge < -0.3 is 10.1 Å². The molecule has 156 valence electrons. The third kappa shape index (κ3) is 5.48. The third-order valence-corrected chi connectivity index (χ3v) is 5.55. The van der Waals surface area contributed by atoms with Gasteiger partial charge >= 0.3 is 0 Å². The number of ether oxygens (including phenoxy) is 1. The fourth-order valence-electron chi connectivity index (χ4n) is 2.86. The molecule has 0 fully saturated rings. The number of hydrogen-bond acceptors (Lipinski definition) is 6. The number of pyridine rings is 1. The van der Waals surface area contributed by atoms with Crippen LogP contribution in [0, 0.1) is 0 Å². The molecule has 1 atom stereocenters. The minimum atomic E-state index is -0.310. The smallest absolute Gasteiger partial charge is 0.233 e. The van der Waals surface area contributed by atoms with Crippen LogP contribution in [0.15, 0.2) is 66.6 Å². The molecule has 0 spiro atoms. The molecule has 1 amide bonds. The predicted molar refractivity (Wildman–Crippen MR) is 118 cm³/mol. The summed E-state index contributed by atoms with van der Waals surface area (Å²) in [5, 5.41) is 11.9. The van der Waals surface area contributed by atoms with Gasteiger partial charge in [-0.15, -0.1) is 16.8 Å². The molecule has 3 aromatic rings. The number of methoxy groups -OCH3 is 1. The van der Waals surface area contributed by atoms with Crippen LogP contribution in [0.25, 0.3) is 11.4 Å². The number of thioether (sulfide) groups is 1. The normalized spacial score (nSPS) is 11.7. The lowest BCUT2D eigenvalue weighted by molar-refractivity contribution is -0.120. The number of nitrogens with zero attached hydrogens (tertiary/aromatic N) is 4. The number of rotatable bonds is 10. The lowest BCUT2D eigenvalue weighted by Crippen LogP contribution is -2.32. The average Bonchev–Trinajstić information content (AvgIpc) is 3.17. The molecule has 0 aliphatic carbocycles. The van der Waals surface area contributed by atoms with Gasteiger partial charge in [0.1, 0.15) is 5.75 Å². The highest BCUT2D eigenvalue weighted by molar-refractivity contribution is 8.00. The molecule has 1 N–H and O–H groups in total. The number of carbonyl (C=O) groups is 1. The number of benzene rings is 1. The molecular formula is C22H25N5O2S. The van der Waals surface area contributed by atoms with E-state index in [-0.39, 0.29) is 11.2 Å². The Morgan fingerprint density at radius 2 is 2.10 bits per heavy atom. The van der Waals surface area contributed by atoms with Crippen LogP contribution in [0.1, 0.15) is 12.5 Å². The molecular weight excluding hydrogens is 398 g/mol. The Kier molecular flexibility index (Phi) is 7.62. The fourth-order valence-corrected chi connectivity index (χ4v) is 3.74. The topological polar surface area (TPSA) is 81.9 Å². The maximum absolute atomic E-state index is 12.5. The van der Waals surface area contributed by atoms with Crippen molar-refractivity contribution in [2.24, 2.45) is 0 Å². The van der Waals surface area contributed by atoms with Gasteiger partial charge in [0.15, 0.2) is 11.0 Å². The molecule has 0 aliphatic rings. The van der Waals surface area contributed by atoms with Crippen LogP contribution in [0.3, 0.4) is 0 Å². The van der Waals surface area contributed by atoms with Crippen LogP contribution in [0.2, 0.25) is 0 Å². The van der Waals surface area contributed by atoms with Gasteiger partial charge in [0.25, 0.3) is 0 Å². The molecule has 0 saturated carbocycles. The van der Waals surface area contributed by atoms with Crippen molar-refractivity contribution in [3.63, 3.8) is 0 Å². The highest BCUT2D eigenvalue weighted by atomic mass is 32.2. The minimum absolute atomic E-state index is 0.0374. The first kappa shape index (κ1) is 21.6. The molecule has 2 aromatic heterocycles. The Morgan fingerprint density at radius 3 is 2.77 bits per heavy atom. The van der Waals surface area contributed by atoms with Crippen molar-refractivity contribution in [1.29, 1.82) is 0 Å². The van der Waals surface area contributed by atoms with Crippen molar-refractivity contribution in [1.82, 2.24) is 25.1 Å². The van der Waals surface area contributed by atoms with Crippen LogP contribution < -0.4 is 10.1 Å². The second kappa shape index (κ2) is 10.6. The zero-order valence-corrected chi connectivity index (χ0v) is 17.9. The number of nitrogens with one attached hydrogen (secondary N) is 1. The second-order valence-corrected chi connectivity index (χ2v) is 7.90. The molecule has 0 unspecified atom stereocenters. The highest BCUT2D eigenvalue weighted by Gasteiger charge is 2.20. The monoisotopic (exact) mass is 423 g/mol. The number of aromatic nitrogens is 4. The molecule has 8 heteroatoms. The van der Waals surface area contributed by atoms with Crippen LogP contribution in [0.4, 0.5) is 0 Å². The summed E-state index contributed by atoms with van der Waals surface area (Å²) in [6, 6.07) is 11.6. The lowest BCUT2D eigenvalue weighted by Gasteiger charge is -2.13. The van der Waals surface area contributed by atoms with Crippen molar-refractivity contribution in [3.05, 3.63) is 67.0 Å². The summed E-state index contributed by atoms with van der Waals surface area (Å²) < 4.78 is 7.10. The quantitative estimate of drug-likeness (QED) is 0.398. The molecule has 7 nitrogen and oxygen atoms in total. The van der Waals surface area contributed by atoms with E-state index in [1.807, 2.05) is 47.9 Å². The maximum atomic E-state index is 12.5. The first-order chi connectivity index (χ1) is 14.6. The molecule has 2 heterocycles. The number of allylic oxidation sites excluding steroid dienone is 1. The SMILES string of the molecule is C=CCn1c(S[C@@H](C)C(=O)NCCc2ccc(OC)cc2)nnc1-c1cccnc1. The van der Waals surface area contributed by atoms with Gasteiger partial charge in [0, 0.05) is 31.0 Å². The number of hydrogen-bond donors (Lipinski definition) is 1. The Bertz CT molecular complexity index is 973. The molecule has 0 bridgehead atoms. The number of carbonyl (C=O) groups excluding carboxylic acids is 1. The van der Waals surface area contributed by atoms with Crippen molar-refractivity contribution >= 4 is 17.7 Å². The van der Waals surface area contributed by atoms with Crippen LogP contribution in [0.5, 0.6) is 5.75 Å². The molecule has 0 saturated heterocycles. The first-order valence-electron chi connectivity index (χ1n) is 9.64. The maximum Gasteiger partial charge on any atom is 0.233 e.